The SMILES string of the molecule is Cc1c(-n2nnnc2SC(C)C(=O)Nc2sccc2C(N)=O)c(=O)n(-c2ccccc2)n1C. The zero-order valence-corrected chi connectivity index (χ0v) is 19.6. The highest BCUT2D eigenvalue weighted by atomic mass is 32.2. The van der Waals surface area contributed by atoms with E-state index in [2.05, 4.69) is 20.8 Å². The second-order valence-electron chi connectivity index (χ2n) is 7.06. The molecule has 4 aromatic rings. The minimum atomic E-state index is -0.627. The number of carbonyl (C=O) groups is 2. The van der Waals surface area contributed by atoms with Crippen LogP contribution in [0.15, 0.2) is 51.7 Å². The third kappa shape index (κ3) is 4.19. The van der Waals surface area contributed by atoms with Gasteiger partial charge in [0.05, 0.1) is 22.2 Å². The molecule has 170 valence electrons. The van der Waals surface area contributed by atoms with Gasteiger partial charge < -0.3 is 11.1 Å². The molecule has 0 aliphatic heterocycles. The van der Waals surface area contributed by atoms with Crippen LogP contribution < -0.4 is 16.6 Å². The highest BCUT2D eigenvalue weighted by Gasteiger charge is 2.25. The van der Waals surface area contributed by atoms with Crippen LogP contribution in [-0.4, -0.2) is 46.6 Å². The number of thiophene rings is 1. The summed E-state index contributed by atoms with van der Waals surface area (Å²) in [5.41, 5.74) is 6.93. The Morgan fingerprint density at radius 2 is 1.94 bits per heavy atom. The molecule has 0 radical (unpaired) electrons. The Hall–Kier alpha value is -3.71. The average molecular weight is 485 g/mol. The molecule has 3 aromatic heterocycles. The minimum Gasteiger partial charge on any atom is -0.366 e. The van der Waals surface area contributed by atoms with Crippen LogP contribution >= 0.6 is 23.1 Å². The van der Waals surface area contributed by atoms with Crippen molar-refractivity contribution in [3.63, 3.8) is 0 Å². The standard InChI is InChI=1S/C20H20N8O3S2/c1-11-15(19(31)28(26(11)3)13-7-5-4-6-8-13)27-20(23-24-25-27)33-12(2)17(30)22-18-14(16(21)29)9-10-32-18/h4-10,12H,1-3H3,(H2,21,29)(H,22,30). The van der Waals surface area contributed by atoms with Gasteiger partial charge >= 0.3 is 0 Å². The monoisotopic (exact) mass is 484 g/mol. The second kappa shape index (κ2) is 9.03. The molecule has 2 amide bonds. The molecule has 0 spiro atoms. The predicted molar refractivity (Wildman–Crippen MR) is 125 cm³/mol. The summed E-state index contributed by atoms with van der Waals surface area (Å²) < 4.78 is 4.59. The van der Waals surface area contributed by atoms with Crippen molar-refractivity contribution in [2.45, 2.75) is 24.3 Å². The Labute approximate surface area is 196 Å². The zero-order valence-electron chi connectivity index (χ0n) is 17.9. The third-order valence-electron chi connectivity index (χ3n) is 5.00. The molecule has 1 aromatic carbocycles. The highest BCUT2D eigenvalue weighted by Crippen LogP contribution is 2.27. The molecule has 1 unspecified atom stereocenters. The van der Waals surface area contributed by atoms with Gasteiger partial charge in [0.1, 0.15) is 5.00 Å². The quantitative estimate of drug-likeness (QED) is 0.380. The van der Waals surface area contributed by atoms with Crippen LogP contribution in [0.2, 0.25) is 0 Å². The summed E-state index contributed by atoms with van der Waals surface area (Å²) >= 11 is 2.29. The Kier molecular flexibility index (Phi) is 6.16. The third-order valence-corrected chi connectivity index (χ3v) is 6.86. The summed E-state index contributed by atoms with van der Waals surface area (Å²) in [7, 11) is 1.78. The molecule has 13 heteroatoms. The molecule has 0 fully saturated rings. The highest BCUT2D eigenvalue weighted by molar-refractivity contribution is 8.00. The van der Waals surface area contributed by atoms with Crippen LogP contribution in [0.1, 0.15) is 23.0 Å². The fourth-order valence-corrected chi connectivity index (χ4v) is 4.80. The number of nitrogens with zero attached hydrogens (tertiary/aromatic N) is 6. The first-order valence-corrected chi connectivity index (χ1v) is 11.5. The molecule has 0 aliphatic carbocycles. The van der Waals surface area contributed by atoms with E-state index in [1.807, 2.05) is 30.3 Å². The Bertz CT molecular complexity index is 1390. The maximum atomic E-state index is 13.3. The van der Waals surface area contributed by atoms with Gasteiger partial charge in [-0.05, 0) is 47.9 Å². The lowest BCUT2D eigenvalue weighted by Crippen LogP contribution is -2.25. The van der Waals surface area contributed by atoms with Gasteiger partial charge in [0.15, 0.2) is 5.69 Å². The van der Waals surface area contributed by atoms with Gasteiger partial charge in [0.25, 0.3) is 11.5 Å². The summed E-state index contributed by atoms with van der Waals surface area (Å²) in [6.07, 6.45) is 0. The van der Waals surface area contributed by atoms with Crippen molar-refractivity contribution in [2.24, 2.45) is 12.8 Å². The van der Waals surface area contributed by atoms with Gasteiger partial charge in [0, 0.05) is 7.05 Å². The first-order chi connectivity index (χ1) is 15.8. The summed E-state index contributed by atoms with van der Waals surface area (Å²) in [6.45, 7) is 3.47. The van der Waals surface area contributed by atoms with Crippen LogP contribution in [-0.2, 0) is 11.8 Å². The van der Waals surface area contributed by atoms with Gasteiger partial charge in [-0.2, -0.15) is 4.68 Å². The molecule has 0 saturated heterocycles. The fraction of sp³-hybridized carbons (Fsp3) is 0.200. The normalized spacial score (nSPS) is 12.0. The summed E-state index contributed by atoms with van der Waals surface area (Å²) in [6, 6.07) is 10.8. The fourth-order valence-electron chi connectivity index (χ4n) is 3.22. The van der Waals surface area contributed by atoms with Crippen molar-refractivity contribution in [3.05, 3.63) is 63.4 Å². The number of nitrogens with two attached hydrogens (primary N) is 1. The molecule has 4 rings (SSSR count). The number of thioether (sulfide) groups is 1. The zero-order chi connectivity index (χ0) is 23.7. The molecular formula is C20H20N8O3S2. The van der Waals surface area contributed by atoms with Crippen LogP contribution in [0.3, 0.4) is 0 Å². The summed E-state index contributed by atoms with van der Waals surface area (Å²) in [4.78, 5) is 37.5. The number of primary amides is 1. The number of hydrogen-bond donors (Lipinski definition) is 2. The summed E-state index contributed by atoms with van der Waals surface area (Å²) in [5.74, 6) is -0.976. The van der Waals surface area contributed by atoms with E-state index in [-0.39, 0.29) is 27.9 Å². The Morgan fingerprint density at radius 3 is 2.64 bits per heavy atom. The van der Waals surface area contributed by atoms with Crippen molar-refractivity contribution >= 4 is 39.9 Å². The largest absolute Gasteiger partial charge is 0.366 e. The van der Waals surface area contributed by atoms with Gasteiger partial charge in [-0.3, -0.25) is 19.1 Å². The molecule has 1 atom stereocenters. The smallest absolute Gasteiger partial charge is 0.297 e. The molecule has 33 heavy (non-hydrogen) atoms. The minimum absolute atomic E-state index is 0.247. The molecule has 11 nitrogen and oxygen atoms in total. The van der Waals surface area contributed by atoms with Crippen LogP contribution in [0, 0.1) is 6.92 Å². The Morgan fingerprint density at radius 1 is 1.21 bits per heavy atom. The molecule has 0 saturated carbocycles. The van der Waals surface area contributed by atoms with E-state index in [4.69, 9.17) is 5.73 Å². The second-order valence-corrected chi connectivity index (χ2v) is 9.28. The molecular weight excluding hydrogens is 464 g/mol. The number of tetrazole rings is 1. The number of benzene rings is 1. The molecule has 0 bridgehead atoms. The number of aromatic nitrogens is 6. The van der Waals surface area contributed by atoms with Crippen LogP contribution in [0.25, 0.3) is 11.4 Å². The van der Waals surface area contributed by atoms with E-state index in [1.54, 1.807) is 37.0 Å². The lowest BCUT2D eigenvalue weighted by molar-refractivity contribution is -0.115. The van der Waals surface area contributed by atoms with Gasteiger partial charge in [-0.15, -0.1) is 16.4 Å². The van der Waals surface area contributed by atoms with Crippen LogP contribution in [0.5, 0.6) is 0 Å². The number of amides is 2. The number of anilines is 1. The number of para-hydroxylation sites is 1. The van der Waals surface area contributed by atoms with Crippen molar-refractivity contribution < 1.29 is 9.59 Å². The summed E-state index contributed by atoms with van der Waals surface area (Å²) in [5, 5.41) is 16.1. The van der Waals surface area contributed by atoms with Crippen molar-refractivity contribution in [2.75, 3.05) is 5.32 Å². The number of carbonyl (C=O) groups excluding carboxylic acids is 2. The van der Waals surface area contributed by atoms with E-state index >= 15 is 0 Å². The van der Waals surface area contributed by atoms with Crippen molar-refractivity contribution in [3.8, 4) is 11.4 Å². The van der Waals surface area contributed by atoms with Crippen molar-refractivity contribution in [1.29, 1.82) is 0 Å². The maximum Gasteiger partial charge on any atom is 0.297 e. The van der Waals surface area contributed by atoms with E-state index in [0.29, 0.717) is 16.4 Å². The number of hydrogen-bond acceptors (Lipinski definition) is 8. The molecule has 3 heterocycles. The lowest BCUT2D eigenvalue weighted by atomic mass is 10.3. The average Bonchev–Trinajstić information content (AvgIpc) is 3.48. The van der Waals surface area contributed by atoms with Crippen LogP contribution in [0.4, 0.5) is 5.00 Å². The van der Waals surface area contributed by atoms with E-state index in [1.165, 1.54) is 20.7 Å². The van der Waals surface area contributed by atoms with Gasteiger partial charge in [-0.1, -0.05) is 30.0 Å². The lowest BCUT2D eigenvalue weighted by Gasteiger charge is -2.11. The first-order valence-electron chi connectivity index (χ1n) is 9.77. The Balaban J connectivity index is 1.62. The maximum absolute atomic E-state index is 13.3. The molecule has 0 aliphatic rings. The van der Waals surface area contributed by atoms with E-state index in [0.717, 1.165) is 11.8 Å². The van der Waals surface area contributed by atoms with Crippen molar-refractivity contribution in [1.82, 2.24) is 29.6 Å². The van der Waals surface area contributed by atoms with E-state index in [9.17, 15) is 14.4 Å². The molecule has 3 N–H and O–H groups in total. The number of nitrogens with one attached hydrogen (secondary N) is 1. The number of rotatable bonds is 7. The topological polar surface area (TPSA) is 143 Å². The first kappa shape index (κ1) is 22.5. The van der Waals surface area contributed by atoms with Gasteiger partial charge in [-0.25, -0.2) is 4.68 Å². The van der Waals surface area contributed by atoms with E-state index < -0.39 is 11.2 Å². The predicted octanol–water partition coefficient (Wildman–Crippen LogP) is 1.74. The van der Waals surface area contributed by atoms with Gasteiger partial charge in [0.2, 0.25) is 11.1 Å².